The third kappa shape index (κ3) is 3.32. The van der Waals surface area contributed by atoms with E-state index in [1.807, 2.05) is 0 Å². The number of alkyl halides is 3. The summed E-state index contributed by atoms with van der Waals surface area (Å²) >= 11 is 5.81. The number of benzene rings is 1. The molecule has 0 aliphatic carbocycles. The van der Waals surface area contributed by atoms with E-state index in [1.54, 1.807) is 0 Å². The van der Waals surface area contributed by atoms with Crippen LogP contribution in [-0.2, 0) is 0 Å². The van der Waals surface area contributed by atoms with Crippen molar-refractivity contribution in [2.75, 3.05) is 11.4 Å². The first-order chi connectivity index (χ1) is 8.76. The molecular weight excluding hydrogens is 286 g/mol. The van der Waals surface area contributed by atoms with E-state index in [2.05, 4.69) is 4.74 Å². The molecule has 7 heteroatoms. The van der Waals surface area contributed by atoms with Crippen LogP contribution < -0.4 is 9.64 Å². The summed E-state index contributed by atoms with van der Waals surface area (Å²) in [6.07, 6.45) is -2.82. The summed E-state index contributed by atoms with van der Waals surface area (Å²) in [5, 5.41) is 0.529. The SMILES string of the molecule is Cc1cc(F)cc(OC(F)(F)F)c1N1C=C(Cl)CC1. The molecule has 1 aliphatic heterocycles. The lowest BCUT2D eigenvalue weighted by Crippen LogP contribution is -2.21. The van der Waals surface area contributed by atoms with Crippen molar-refractivity contribution in [3.05, 3.63) is 34.7 Å². The largest absolute Gasteiger partial charge is 0.573 e. The number of halogens is 5. The summed E-state index contributed by atoms with van der Waals surface area (Å²) in [6.45, 7) is 1.95. The van der Waals surface area contributed by atoms with Gasteiger partial charge < -0.3 is 9.64 Å². The van der Waals surface area contributed by atoms with E-state index in [0.717, 1.165) is 12.1 Å². The summed E-state index contributed by atoms with van der Waals surface area (Å²) in [7, 11) is 0. The van der Waals surface area contributed by atoms with Gasteiger partial charge >= 0.3 is 6.36 Å². The van der Waals surface area contributed by atoms with Crippen LogP contribution in [0.3, 0.4) is 0 Å². The minimum atomic E-state index is -4.87. The van der Waals surface area contributed by atoms with Gasteiger partial charge in [-0.1, -0.05) is 11.6 Å². The number of anilines is 1. The summed E-state index contributed by atoms with van der Waals surface area (Å²) in [5.74, 6) is -1.35. The van der Waals surface area contributed by atoms with Gasteiger partial charge in [0.1, 0.15) is 5.82 Å². The van der Waals surface area contributed by atoms with Crippen LogP contribution in [0.5, 0.6) is 5.75 Å². The number of hydrogen-bond acceptors (Lipinski definition) is 2. The summed E-state index contributed by atoms with van der Waals surface area (Å²) < 4.78 is 54.2. The number of ether oxygens (including phenoxy) is 1. The Morgan fingerprint density at radius 3 is 2.53 bits per heavy atom. The van der Waals surface area contributed by atoms with Gasteiger partial charge in [0.2, 0.25) is 0 Å². The zero-order valence-corrected chi connectivity index (χ0v) is 10.6. The molecule has 1 aromatic rings. The van der Waals surface area contributed by atoms with Crippen molar-refractivity contribution < 1.29 is 22.3 Å². The monoisotopic (exact) mass is 295 g/mol. The van der Waals surface area contributed by atoms with Gasteiger partial charge in [-0.3, -0.25) is 0 Å². The van der Waals surface area contributed by atoms with Crippen LogP contribution in [0.1, 0.15) is 12.0 Å². The third-order valence-electron chi connectivity index (χ3n) is 2.63. The maximum absolute atomic E-state index is 13.2. The highest BCUT2D eigenvalue weighted by Crippen LogP contribution is 2.39. The third-order valence-corrected chi connectivity index (χ3v) is 2.92. The molecule has 2 rings (SSSR count). The second-order valence-corrected chi connectivity index (χ2v) is 4.62. The van der Waals surface area contributed by atoms with Crippen LogP contribution in [0.15, 0.2) is 23.4 Å². The number of rotatable bonds is 2. The summed E-state index contributed by atoms with van der Waals surface area (Å²) in [6, 6.07) is 1.87. The lowest BCUT2D eigenvalue weighted by molar-refractivity contribution is -0.274. The molecule has 0 amide bonds. The lowest BCUT2D eigenvalue weighted by Gasteiger charge is -2.22. The Labute approximate surface area is 112 Å². The highest BCUT2D eigenvalue weighted by molar-refractivity contribution is 6.30. The molecule has 0 aromatic heterocycles. The summed E-state index contributed by atoms with van der Waals surface area (Å²) in [4.78, 5) is 1.53. The van der Waals surface area contributed by atoms with Gasteiger partial charge in [-0.25, -0.2) is 4.39 Å². The van der Waals surface area contributed by atoms with Gasteiger partial charge in [0.05, 0.1) is 5.69 Å². The minimum absolute atomic E-state index is 0.175. The molecule has 104 valence electrons. The van der Waals surface area contributed by atoms with Crippen molar-refractivity contribution >= 4 is 17.3 Å². The van der Waals surface area contributed by atoms with E-state index in [-0.39, 0.29) is 5.69 Å². The molecule has 0 spiro atoms. The van der Waals surface area contributed by atoms with Gasteiger partial charge in [0, 0.05) is 30.3 Å². The Morgan fingerprint density at radius 1 is 1.32 bits per heavy atom. The maximum atomic E-state index is 13.2. The molecule has 0 N–H and O–H groups in total. The van der Waals surface area contributed by atoms with Gasteiger partial charge in [-0.2, -0.15) is 0 Å². The average molecular weight is 296 g/mol. The zero-order chi connectivity index (χ0) is 14.2. The molecule has 0 saturated heterocycles. The Balaban J connectivity index is 2.46. The van der Waals surface area contributed by atoms with Crippen molar-refractivity contribution in [1.29, 1.82) is 0 Å². The zero-order valence-electron chi connectivity index (χ0n) is 9.89. The molecule has 0 unspecified atom stereocenters. The van der Waals surface area contributed by atoms with E-state index < -0.39 is 17.9 Å². The molecule has 19 heavy (non-hydrogen) atoms. The second kappa shape index (κ2) is 4.92. The highest BCUT2D eigenvalue weighted by atomic mass is 35.5. The fourth-order valence-electron chi connectivity index (χ4n) is 1.98. The molecule has 1 heterocycles. The Kier molecular flexibility index (Phi) is 3.62. The predicted molar refractivity (Wildman–Crippen MR) is 63.7 cm³/mol. The molecule has 0 fully saturated rings. The van der Waals surface area contributed by atoms with E-state index in [4.69, 9.17) is 11.6 Å². The van der Waals surface area contributed by atoms with E-state index in [1.165, 1.54) is 18.0 Å². The summed E-state index contributed by atoms with van der Waals surface area (Å²) in [5.41, 5.74) is 0.524. The number of hydrogen-bond donors (Lipinski definition) is 0. The van der Waals surface area contributed by atoms with Crippen LogP contribution in [0.4, 0.5) is 23.2 Å². The van der Waals surface area contributed by atoms with Crippen LogP contribution >= 0.6 is 11.6 Å². The average Bonchev–Trinajstić information content (AvgIpc) is 2.60. The molecule has 1 aliphatic rings. The van der Waals surface area contributed by atoms with E-state index in [0.29, 0.717) is 23.6 Å². The number of nitrogens with zero attached hydrogens (tertiary/aromatic N) is 1. The molecule has 0 saturated carbocycles. The van der Waals surface area contributed by atoms with E-state index >= 15 is 0 Å². The van der Waals surface area contributed by atoms with Gasteiger partial charge in [-0.05, 0) is 18.6 Å². The lowest BCUT2D eigenvalue weighted by atomic mass is 10.1. The molecule has 0 radical (unpaired) electrons. The first-order valence-electron chi connectivity index (χ1n) is 5.45. The molecule has 1 aromatic carbocycles. The van der Waals surface area contributed by atoms with Crippen molar-refractivity contribution in [2.45, 2.75) is 19.7 Å². The van der Waals surface area contributed by atoms with Crippen LogP contribution in [0, 0.1) is 12.7 Å². The standard InChI is InChI=1S/C12H10ClF4NO/c1-7-4-9(14)5-10(19-12(15,16)17)11(7)18-3-2-8(13)6-18/h4-6H,2-3H2,1H3. The maximum Gasteiger partial charge on any atom is 0.573 e. The Hall–Kier alpha value is -1.43. The first-order valence-corrected chi connectivity index (χ1v) is 5.83. The van der Waals surface area contributed by atoms with Gasteiger partial charge in [0.15, 0.2) is 5.75 Å². The van der Waals surface area contributed by atoms with Crippen molar-refractivity contribution in [3.63, 3.8) is 0 Å². The fourth-order valence-corrected chi connectivity index (χ4v) is 2.18. The molecule has 0 bridgehead atoms. The topological polar surface area (TPSA) is 12.5 Å². The molecule has 2 nitrogen and oxygen atoms in total. The quantitative estimate of drug-likeness (QED) is 0.753. The Bertz CT molecular complexity index is 527. The van der Waals surface area contributed by atoms with E-state index in [9.17, 15) is 17.6 Å². The highest BCUT2D eigenvalue weighted by Gasteiger charge is 2.33. The van der Waals surface area contributed by atoms with Crippen molar-refractivity contribution in [1.82, 2.24) is 0 Å². The number of aryl methyl sites for hydroxylation is 1. The molecular formula is C12H10ClF4NO. The van der Waals surface area contributed by atoms with Gasteiger partial charge in [-0.15, -0.1) is 13.2 Å². The first kappa shape index (κ1) is 14.0. The molecule has 0 atom stereocenters. The Morgan fingerprint density at radius 2 is 2.00 bits per heavy atom. The second-order valence-electron chi connectivity index (χ2n) is 4.14. The predicted octanol–water partition coefficient (Wildman–Crippen LogP) is 4.32. The smallest absolute Gasteiger partial charge is 0.403 e. The van der Waals surface area contributed by atoms with Gasteiger partial charge in [0.25, 0.3) is 0 Å². The normalized spacial score (nSPS) is 15.7. The fraction of sp³-hybridized carbons (Fsp3) is 0.333. The van der Waals surface area contributed by atoms with Crippen molar-refractivity contribution in [2.24, 2.45) is 0 Å². The van der Waals surface area contributed by atoms with Crippen LogP contribution in [0.2, 0.25) is 0 Å². The van der Waals surface area contributed by atoms with Crippen molar-refractivity contribution in [3.8, 4) is 5.75 Å². The van der Waals surface area contributed by atoms with Crippen LogP contribution in [0.25, 0.3) is 0 Å². The van der Waals surface area contributed by atoms with Crippen LogP contribution in [-0.4, -0.2) is 12.9 Å². The minimum Gasteiger partial charge on any atom is -0.403 e.